The highest BCUT2D eigenvalue weighted by atomic mass is 31.2. The van der Waals surface area contributed by atoms with Crippen molar-refractivity contribution in [3.05, 3.63) is 0 Å². The Morgan fingerprint density at radius 2 is 0.873 bits per heavy atom. The number of aliphatic hydroxyl groups is 20. The summed E-state index contributed by atoms with van der Waals surface area (Å²) in [4.78, 5) is 86.8. The molecule has 0 spiro atoms. The maximum Gasteiger partial charge on any atom is 0.471 e. The van der Waals surface area contributed by atoms with Crippen molar-refractivity contribution in [1.29, 1.82) is 0 Å². The van der Waals surface area contributed by atoms with Gasteiger partial charge in [0.2, 0.25) is 0 Å². The third-order valence-electron chi connectivity index (χ3n) is 17.3. The first-order valence-corrected chi connectivity index (χ1v) is 34.9. The number of carboxylic acid groups (broad SMARTS) is 2. The molecule has 0 unspecified atom stereocenters. The molecular weight excluding hydrogens is 1480 g/mol. The second-order valence-corrected chi connectivity index (χ2v) is 28.0. The Morgan fingerprint density at radius 3 is 1.42 bits per heavy atom. The highest BCUT2D eigenvalue weighted by molar-refractivity contribution is 7.46. The van der Waals surface area contributed by atoms with Gasteiger partial charge in [-0.15, -0.1) is 0 Å². The average molecular weight is 1570 g/mol. The van der Waals surface area contributed by atoms with E-state index in [0.717, 1.165) is 0 Å². The minimum absolute atomic E-state index is 1.08. The van der Waals surface area contributed by atoms with Gasteiger partial charge in [0.25, 0.3) is 11.6 Å². The molecule has 7 rings (SSSR count). The van der Waals surface area contributed by atoms with Gasteiger partial charge in [-0.3, -0.25) is 13.6 Å². The lowest BCUT2D eigenvalue weighted by atomic mass is 9.89. The molecule has 102 heavy (non-hydrogen) atoms. The molecule has 7 aliphatic rings. The predicted octanol–water partition coefficient (Wildman–Crippen LogP) is -17.6. The van der Waals surface area contributed by atoms with Gasteiger partial charge >= 0.3 is 35.4 Å². The third-order valence-corrected chi connectivity index (χ3v) is 18.8. The number of carboxylic acids is 2. The van der Waals surface area contributed by atoms with Gasteiger partial charge in [0.1, 0.15) is 159 Å². The Kier molecular flexibility index (Phi) is 30.1. The van der Waals surface area contributed by atoms with Crippen molar-refractivity contribution in [2.75, 3.05) is 46.2 Å². The van der Waals surface area contributed by atoms with Crippen LogP contribution in [0.25, 0.3) is 0 Å². The summed E-state index contributed by atoms with van der Waals surface area (Å²) < 4.78 is 125. The van der Waals surface area contributed by atoms with Gasteiger partial charge in [0.05, 0.1) is 70.5 Å². The second kappa shape index (κ2) is 35.3. The van der Waals surface area contributed by atoms with Crippen molar-refractivity contribution in [2.24, 2.45) is 11.5 Å². The Morgan fingerprint density at radius 1 is 0.422 bits per heavy atom. The lowest BCUT2D eigenvalue weighted by molar-refractivity contribution is -0.408. The number of phosphoric acid groups is 3. The highest BCUT2D eigenvalue weighted by Crippen LogP contribution is 2.48. The molecule has 596 valence electrons. The maximum atomic E-state index is 14.0. The average Bonchev–Trinajstić information content (AvgIpc) is 0.743. The molecule has 54 heteroatoms. The van der Waals surface area contributed by atoms with Crippen LogP contribution in [0.2, 0.25) is 0 Å². The van der Waals surface area contributed by atoms with Gasteiger partial charge < -0.3 is 215 Å². The summed E-state index contributed by atoms with van der Waals surface area (Å²) >= 11 is 0. The molecule has 32 N–H and O–H groups in total. The number of hydrogen-bond donors (Lipinski definition) is 30. The maximum absolute atomic E-state index is 14.0. The van der Waals surface area contributed by atoms with Gasteiger partial charge in [-0.1, -0.05) is 0 Å². The number of aliphatic hydroxyl groups excluding tert-OH is 20. The zero-order valence-electron chi connectivity index (χ0n) is 52.2. The van der Waals surface area contributed by atoms with Crippen LogP contribution in [0.3, 0.4) is 0 Å². The molecule has 0 bridgehead atoms. The van der Waals surface area contributed by atoms with Crippen LogP contribution in [0.4, 0.5) is 0 Å². The van der Waals surface area contributed by atoms with Crippen molar-refractivity contribution in [1.82, 2.24) is 0 Å². The van der Waals surface area contributed by atoms with Crippen LogP contribution in [-0.4, -0.2) is 426 Å². The number of hydrogen-bond acceptors (Lipinski definition) is 43. The molecule has 37 atom stereocenters. The van der Waals surface area contributed by atoms with Crippen LogP contribution in [0.5, 0.6) is 0 Å². The van der Waals surface area contributed by atoms with Crippen LogP contribution in [-0.2, 0) is 98.4 Å². The fourth-order valence-corrected chi connectivity index (χ4v) is 13.6. The van der Waals surface area contributed by atoms with E-state index in [1.165, 1.54) is 0 Å². The summed E-state index contributed by atoms with van der Waals surface area (Å²) in [6.45, 7) is -9.74. The van der Waals surface area contributed by atoms with Crippen molar-refractivity contribution in [3.63, 3.8) is 0 Å². The van der Waals surface area contributed by atoms with Crippen LogP contribution in [0.15, 0.2) is 0 Å². The number of phosphoric ester groups is 3. The largest absolute Gasteiger partial charge is 0.477 e. The molecular formula is C48H85N2O49P3. The Balaban J connectivity index is 1.32. The molecule has 0 radical (unpaired) electrons. The van der Waals surface area contributed by atoms with E-state index in [0.29, 0.717) is 0 Å². The monoisotopic (exact) mass is 1570 g/mol. The summed E-state index contributed by atoms with van der Waals surface area (Å²) in [5.41, 5.74) is 11.8. The van der Waals surface area contributed by atoms with E-state index >= 15 is 0 Å². The van der Waals surface area contributed by atoms with Crippen molar-refractivity contribution in [3.8, 4) is 0 Å². The molecule has 0 aromatic carbocycles. The SMILES string of the molecule is N[C@H]1[C@@H](OP(=O)(O)O)O[C@H](CO[C@@H]2O[C@H](CO[C@]3(C(=O)O)C[C@@H](O[C@]4(C(=O)O)C[C@@H](O)[C@@H](O)[C@@H]([C@H](O)CO)O4)[C@@H](O[C@H]4O[C@H]([C@@H](O)CO)[C@@H](OP(=O)(O)O)[C@H](O[C@H]5O[C@H]([C@@H](O)CO)[C@@H](O)[C@H](O[C@H]6O[C@H](CO)[C@@H](O)[C@H](O)[C@H]6O)[C@@H]5O)[C@@H]4O)[C@@H]([C@H](O)CO)O3)[C@@H](OP(=O)(O)O)[C@H](O)[C@H]2N)[C@@H](O)[C@@H]1O. The number of ether oxygens (including phenoxy) is 13. The zero-order valence-corrected chi connectivity index (χ0v) is 54.8. The molecule has 7 saturated heterocycles. The van der Waals surface area contributed by atoms with Gasteiger partial charge in [0.15, 0.2) is 31.5 Å². The fraction of sp³-hybridized carbons (Fsp3) is 0.958. The minimum atomic E-state index is -6.10. The normalized spacial score (nSPS) is 45.4. The summed E-state index contributed by atoms with van der Waals surface area (Å²) in [7, 11) is -17.5. The molecule has 51 nitrogen and oxygen atoms in total. The van der Waals surface area contributed by atoms with E-state index in [2.05, 4.69) is 4.52 Å². The topological polar surface area (TPSA) is 852 Å². The molecule has 0 aromatic heterocycles. The molecule has 0 aromatic rings. The number of nitrogens with two attached hydrogens (primary N) is 2. The van der Waals surface area contributed by atoms with Crippen molar-refractivity contribution < 1.29 is 240 Å². The van der Waals surface area contributed by atoms with E-state index < -0.39 is 321 Å². The standard InChI is InChI=1S/C48H85N2O49P3/c49-19-24(64)23(63)17(87-41(19)99-102(81,82)83)8-84-40-20(50)25(65)35(97-100(75,76)77)18(88-40)9-85-47(45(71)72)2-15(94-48(46(73)74)1-10(56)21(61)32(95-48)12(58)4-52)36(34(96-47)14(60)6-54)91-44-30(70)38(39(98-101(78,79)80)33(90-44)13(59)5-53)93-43-29(69)37(28(68)31(89-43)11(57)3-51)92-42-27(67)26(66)22(62)16(7-55)86-42/h10-44,51-70H,1-9,49-50H2,(H,71,72)(H,73,74)(H2,75,76,77)(H2,78,79,80)(H2,81,82,83)/t10-,11+,12-,13+,14-,15-,16-,17-,18-,19-,20-,21-,22-,23-,24-,25-,26+,27-,28-,29+,30+,31-,32-,33-,34-,35-,36-,37+,38-,39-,40-,41-,42-,43-,44-,47-,48-/m1/s1. The molecule has 0 aliphatic carbocycles. The molecule has 7 fully saturated rings. The first-order chi connectivity index (χ1) is 47.3. The quantitative estimate of drug-likeness (QED) is 0.0287. The molecule has 0 saturated carbocycles. The van der Waals surface area contributed by atoms with E-state index in [1.807, 2.05) is 0 Å². The van der Waals surface area contributed by atoms with Gasteiger partial charge in [-0.25, -0.2) is 23.3 Å². The smallest absolute Gasteiger partial charge is 0.471 e. The Hall–Kier alpha value is -2.13. The summed E-state index contributed by atoms with van der Waals surface area (Å²) in [5, 5.41) is 240. The van der Waals surface area contributed by atoms with Crippen LogP contribution in [0, 0.1) is 0 Å². The fourth-order valence-electron chi connectivity index (χ4n) is 12.0. The first-order valence-electron chi connectivity index (χ1n) is 30.3. The van der Waals surface area contributed by atoms with Crippen LogP contribution < -0.4 is 11.5 Å². The molecule has 0 amide bonds. The third kappa shape index (κ3) is 19.9. The highest BCUT2D eigenvalue weighted by Gasteiger charge is 2.65. The Labute approximate surface area is 571 Å². The zero-order chi connectivity index (χ0) is 76.5. The summed E-state index contributed by atoms with van der Waals surface area (Å²) in [5.74, 6) is -12.3. The van der Waals surface area contributed by atoms with E-state index in [-0.39, 0.29) is 0 Å². The predicted molar refractivity (Wildman–Crippen MR) is 303 cm³/mol. The number of carbonyl (C=O) groups is 2. The van der Waals surface area contributed by atoms with Crippen molar-refractivity contribution >= 4 is 35.4 Å². The van der Waals surface area contributed by atoms with Gasteiger partial charge in [0, 0.05) is 12.8 Å². The number of rotatable bonds is 31. The van der Waals surface area contributed by atoms with Crippen molar-refractivity contribution in [2.45, 2.75) is 239 Å². The van der Waals surface area contributed by atoms with Gasteiger partial charge in [-0.2, -0.15) is 0 Å². The summed E-state index contributed by atoms with van der Waals surface area (Å²) in [6.07, 6.45) is -84.1. The number of aliphatic carboxylic acids is 2. The minimum Gasteiger partial charge on any atom is -0.477 e. The second-order valence-electron chi connectivity index (χ2n) is 24.4. The lowest BCUT2D eigenvalue weighted by Crippen LogP contribution is -2.71. The van der Waals surface area contributed by atoms with E-state index in [4.69, 9.17) is 82.1 Å². The molecule has 7 heterocycles. The Bertz CT molecular complexity index is 2850. The van der Waals surface area contributed by atoms with E-state index in [1.54, 1.807) is 0 Å². The van der Waals surface area contributed by atoms with Gasteiger partial charge in [-0.05, 0) is 0 Å². The molecule has 7 aliphatic heterocycles. The summed E-state index contributed by atoms with van der Waals surface area (Å²) in [6, 6.07) is -3.91. The first kappa shape index (κ1) is 87.1. The lowest BCUT2D eigenvalue weighted by Gasteiger charge is -2.53. The van der Waals surface area contributed by atoms with E-state index in [9.17, 15) is 165 Å². The van der Waals surface area contributed by atoms with Crippen LogP contribution in [0.1, 0.15) is 12.8 Å². The van der Waals surface area contributed by atoms with Crippen LogP contribution >= 0.6 is 23.5 Å².